The van der Waals surface area contributed by atoms with Crippen LogP contribution >= 0.6 is 0 Å². The Balaban J connectivity index is 2.32. The highest BCUT2D eigenvalue weighted by atomic mass is 16.2. The fourth-order valence-electron chi connectivity index (χ4n) is 2.27. The van der Waals surface area contributed by atoms with Crippen molar-refractivity contribution in [3.05, 3.63) is 59.7 Å². The highest BCUT2D eigenvalue weighted by Crippen LogP contribution is 2.21. The molecule has 0 heterocycles. The van der Waals surface area contributed by atoms with E-state index in [1.54, 1.807) is 0 Å². The van der Waals surface area contributed by atoms with Gasteiger partial charge in [0.2, 0.25) is 0 Å². The van der Waals surface area contributed by atoms with Crippen molar-refractivity contribution >= 4 is 5.91 Å². The fraction of sp³-hybridized carbons (Fsp3) is 0.278. The Hall–Kier alpha value is -2.09. The Kier molecular flexibility index (Phi) is 4.57. The van der Waals surface area contributed by atoms with Gasteiger partial charge in [-0.3, -0.25) is 4.79 Å². The summed E-state index contributed by atoms with van der Waals surface area (Å²) in [6.07, 6.45) is 0. The summed E-state index contributed by atoms with van der Waals surface area (Å²) in [6, 6.07) is 16.2. The molecule has 2 nitrogen and oxygen atoms in total. The SMILES string of the molecule is CCN(CC)C(=O)c1cccc(-c2ccc(C)cc2)c1. The van der Waals surface area contributed by atoms with Gasteiger partial charge in [-0.1, -0.05) is 42.0 Å². The quantitative estimate of drug-likeness (QED) is 0.815. The number of aryl methyl sites for hydroxylation is 1. The Labute approximate surface area is 121 Å². The number of rotatable bonds is 4. The maximum Gasteiger partial charge on any atom is 0.253 e. The van der Waals surface area contributed by atoms with Gasteiger partial charge in [0.15, 0.2) is 0 Å². The van der Waals surface area contributed by atoms with Crippen LogP contribution in [0.4, 0.5) is 0 Å². The molecule has 20 heavy (non-hydrogen) atoms. The summed E-state index contributed by atoms with van der Waals surface area (Å²) in [6.45, 7) is 7.56. The van der Waals surface area contributed by atoms with Crippen LogP contribution in [0.2, 0.25) is 0 Å². The summed E-state index contributed by atoms with van der Waals surface area (Å²) in [5, 5.41) is 0. The number of benzene rings is 2. The van der Waals surface area contributed by atoms with Crippen LogP contribution < -0.4 is 0 Å². The Morgan fingerprint density at radius 1 is 0.950 bits per heavy atom. The minimum atomic E-state index is 0.101. The van der Waals surface area contributed by atoms with Crippen molar-refractivity contribution in [3.8, 4) is 11.1 Å². The van der Waals surface area contributed by atoms with Gasteiger partial charge in [-0.15, -0.1) is 0 Å². The second-order valence-corrected chi connectivity index (χ2v) is 4.92. The van der Waals surface area contributed by atoms with Crippen LogP contribution in [0.1, 0.15) is 29.8 Å². The molecule has 0 saturated carbocycles. The lowest BCUT2D eigenvalue weighted by Crippen LogP contribution is -2.30. The van der Waals surface area contributed by atoms with E-state index >= 15 is 0 Å². The third-order valence-electron chi connectivity index (χ3n) is 3.55. The molecule has 1 amide bonds. The van der Waals surface area contributed by atoms with Gasteiger partial charge in [-0.25, -0.2) is 0 Å². The lowest BCUT2D eigenvalue weighted by Gasteiger charge is -2.19. The van der Waals surface area contributed by atoms with E-state index in [4.69, 9.17) is 0 Å². The fourth-order valence-corrected chi connectivity index (χ4v) is 2.27. The van der Waals surface area contributed by atoms with Gasteiger partial charge in [0, 0.05) is 18.7 Å². The number of amides is 1. The van der Waals surface area contributed by atoms with Gasteiger partial charge in [-0.2, -0.15) is 0 Å². The normalized spacial score (nSPS) is 10.3. The number of hydrogen-bond acceptors (Lipinski definition) is 1. The summed E-state index contributed by atoms with van der Waals surface area (Å²) in [5.74, 6) is 0.101. The van der Waals surface area contributed by atoms with Crippen molar-refractivity contribution in [1.29, 1.82) is 0 Å². The zero-order valence-electron chi connectivity index (χ0n) is 12.4. The van der Waals surface area contributed by atoms with E-state index in [9.17, 15) is 4.79 Å². The number of carbonyl (C=O) groups excluding carboxylic acids is 1. The minimum Gasteiger partial charge on any atom is -0.339 e. The third kappa shape index (κ3) is 3.08. The molecule has 0 spiro atoms. The van der Waals surface area contributed by atoms with Gasteiger partial charge in [-0.05, 0) is 44.0 Å². The first-order chi connectivity index (χ1) is 9.65. The second-order valence-electron chi connectivity index (χ2n) is 4.92. The topological polar surface area (TPSA) is 20.3 Å². The smallest absolute Gasteiger partial charge is 0.253 e. The van der Waals surface area contributed by atoms with Crippen LogP contribution in [-0.4, -0.2) is 23.9 Å². The standard InChI is InChI=1S/C18H21NO/c1-4-19(5-2)18(20)17-8-6-7-16(13-17)15-11-9-14(3)10-12-15/h6-13H,4-5H2,1-3H3. The van der Waals surface area contributed by atoms with Crippen molar-refractivity contribution in [2.24, 2.45) is 0 Å². The summed E-state index contributed by atoms with van der Waals surface area (Å²) in [7, 11) is 0. The first kappa shape index (κ1) is 14.3. The first-order valence-corrected chi connectivity index (χ1v) is 7.12. The van der Waals surface area contributed by atoms with Crippen molar-refractivity contribution in [2.75, 3.05) is 13.1 Å². The number of hydrogen-bond donors (Lipinski definition) is 0. The largest absolute Gasteiger partial charge is 0.339 e. The molecular formula is C18H21NO. The number of nitrogens with zero attached hydrogens (tertiary/aromatic N) is 1. The maximum atomic E-state index is 12.4. The Bertz CT molecular complexity index is 583. The zero-order chi connectivity index (χ0) is 14.5. The summed E-state index contributed by atoms with van der Waals surface area (Å²) in [4.78, 5) is 14.2. The van der Waals surface area contributed by atoms with E-state index < -0.39 is 0 Å². The summed E-state index contributed by atoms with van der Waals surface area (Å²) in [5.41, 5.74) is 4.23. The second kappa shape index (κ2) is 6.38. The molecule has 0 saturated heterocycles. The molecule has 0 aromatic heterocycles. The highest BCUT2D eigenvalue weighted by Gasteiger charge is 2.12. The van der Waals surface area contributed by atoms with Gasteiger partial charge < -0.3 is 4.90 Å². The Morgan fingerprint density at radius 2 is 1.60 bits per heavy atom. The molecule has 0 atom stereocenters. The summed E-state index contributed by atoms with van der Waals surface area (Å²) < 4.78 is 0. The molecule has 2 rings (SSSR count). The van der Waals surface area contributed by atoms with E-state index in [-0.39, 0.29) is 5.91 Å². The molecule has 0 aliphatic rings. The van der Waals surface area contributed by atoms with Crippen LogP contribution in [0.15, 0.2) is 48.5 Å². The molecule has 0 aliphatic heterocycles. The van der Waals surface area contributed by atoms with Crippen LogP contribution in [0.25, 0.3) is 11.1 Å². The van der Waals surface area contributed by atoms with Gasteiger partial charge in [0.05, 0.1) is 0 Å². The van der Waals surface area contributed by atoms with Crippen LogP contribution in [0, 0.1) is 6.92 Å². The highest BCUT2D eigenvalue weighted by molar-refractivity contribution is 5.95. The predicted octanol–water partition coefficient (Wildman–Crippen LogP) is 4.14. The van der Waals surface area contributed by atoms with E-state index in [2.05, 4.69) is 31.2 Å². The molecule has 2 aromatic carbocycles. The molecule has 0 radical (unpaired) electrons. The van der Waals surface area contributed by atoms with Crippen molar-refractivity contribution in [2.45, 2.75) is 20.8 Å². The predicted molar refractivity (Wildman–Crippen MR) is 83.9 cm³/mol. The van der Waals surface area contributed by atoms with Gasteiger partial charge >= 0.3 is 0 Å². The minimum absolute atomic E-state index is 0.101. The van der Waals surface area contributed by atoms with Crippen LogP contribution in [0.5, 0.6) is 0 Å². The van der Waals surface area contributed by atoms with Gasteiger partial charge in [0.1, 0.15) is 0 Å². The van der Waals surface area contributed by atoms with Gasteiger partial charge in [0.25, 0.3) is 5.91 Å². The van der Waals surface area contributed by atoms with Crippen molar-refractivity contribution in [1.82, 2.24) is 4.90 Å². The maximum absolute atomic E-state index is 12.4. The molecule has 0 bridgehead atoms. The molecule has 0 fully saturated rings. The molecule has 0 aliphatic carbocycles. The van der Waals surface area contributed by atoms with E-state index in [1.807, 2.05) is 43.0 Å². The van der Waals surface area contributed by atoms with E-state index in [0.717, 1.165) is 29.8 Å². The molecule has 0 N–H and O–H groups in total. The van der Waals surface area contributed by atoms with Crippen LogP contribution in [0.3, 0.4) is 0 Å². The van der Waals surface area contributed by atoms with E-state index in [1.165, 1.54) is 5.56 Å². The molecule has 0 unspecified atom stereocenters. The number of carbonyl (C=O) groups is 1. The van der Waals surface area contributed by atoms with Crippen molar-refractivity contribution < 1.29 is 4.79 Å². The monoisotopic (exact) mass is 267 g/mol. The average molecular weight is 267 g/mol. The molecular weight excluding hydrogens is 246 g/mol. The summed E-state index contributed by atoms with van der Waals surface area (Å²) >= 11 is 0. The lowest BCUT2D eigenvalue weighted by atomic mass is 10.0. The molecule has 2 heteroatoms. The van der Waals surface area contributed by atoms with Crippen molar-refractivity contribution in [3.63, 3.8) is 0 Å². The van der Waals surface area contributed by atoms with E-state index in [0.29, 0.717) is 0 Å². The zero-order valence-corrected chi connectivity index (χ0v) is 12.4. The molecule has 2 aromatic rings. The average Bonchev–Trinajstić information content (AvgIpc) is 2.49. The lowest BCUT2D eigenvalue weighted by molar-refractivity contribution is 0.0773. The Morgan fingerprint density at radius 3 is 2.20 bits per heavy atom. The molecule has 104 valence electrons. The first-order valence-electron chi connectivity index (χ1n) is 7.12. The van der Waals surface area contributed by atoms with Crippen LogP contribution in [-0.2, 0) is 0 Å². The third-order valence-corrected chi connectivity index (χ3v) is 3.55.